The summed E-state index contributed by atoms with van der Waals surface area (Å²) in [7, 11) is -3.80. The number of carbonyl (C=O) groups excluding carboxylic acids is 1. The molecule has 0 aromatic heterocycles. The molecule has 0 atom stereocenters. The minimum Gasteiger partial charge on any atom is -0.494 e. The molecule has 3 rings (SSSR count). The molecular formula is C22H20ClNO5S. The summed E-state index contributed by atoms with van der Waals surface area (Å²) in [6.07, 6.45) is 0. The molecule has 0 radical (unpaired) electrons. The van der Waals surface area contributed by atoms with Crippen molar-refractivity contribution in [1.29, 1.82) is 0 Å². The number of nitrogens with one attached hydrogen (secondary N) is 1. The van der Waals surface area contributed by atoms with E-state index in [2.05, 4.69) is 5.32 Å². The Hall–Kier alpha value is -3.03. The third-order valence-electron chi connectivity index (χ3n) is 4.02. The van der Waals surface area contributed by atoms with E-state index in [1.165, 1.54) is 24.3 Å². The van der Waals surface area contributed by atoms with E-state index in [0.29, 0.717) is 28.8 Å². The Labute approximate surface area is 180 Å². The number of anilines is 1. The Morgan fingerprint density at radius 1 is 0.933 bits per heavy atom. The number of ether oxygens (including phenoxy) is 2. The molecule has 30 heavy (non-hydrogen) atoms. The topological polar surface area (TPSA) is 81.7 Å². The zero-order valence-corrected chi connectivity index (χ0v) is 17.7. The van der Waals surface area contributed by atoms with Gasteiger partial charge < -0.3 is 14.8 Å². The van der Waals surface area contributed by atoms with E-state index < -0.39 is 21.5 Å². The summed E-state index contributed by atoms with van der Waals surface area (Å²) >= 11 is 5.79. The predicted octanol–water partition coefficient (Wildman–Crippen LogP) is 4.94. The Bertz CT molecular complexity index is 1110. The summed E-state index contributed by atoms with van der Waals surface area (Å²) in [5, 5.41) is 3.02. The molecule has 0 bridgehead atoms. The first-order valence-electron chi connectivity index (χ1n) is 9.15. The molecule has 8 heteroatoms. The second kappa shape index (κ2) is 9.65. The van der Waals surface area contributed by atoms with Crippen LogP contribution in [0, 0.1) is 0 Å². The molecule has 0 saturated carbocycles. The van der Waals surface area contributed by atoms with Crippen LogP contribution in [0.25, 0.3) is 0 Å². The van der Waals surface area contributed by atoms with Crippen LogP contribution >= 0.6 is 11.6 Å². The van der Waals surface area contributed by atoms with Crippen molar-refractivity contribution in [2.75, 3.05) is 17.7 Å². The van der Waals surface area contributed by atoms with Gasteiger partial charge in [0.15, 0.2) is 15.6 Å². The van der Waals surface area contributed by atoms with E-state index in [4.69, 9.17) is 21.1 Å². The van der Waals surface area contributed by atoms with Crippen LogP contribution in [0.3, 0.4) is 0 Å². The minimum absolute atomic E-state index is 0.0287. The van der Waals surface area contributed by atoms with Crippen LogP contribution in [0.1, 0.15) is 6.92 Å². The van der Waals surface area contributed by atoms with Gasteiger partial charge in [0, 0.05) is 5.02 Å². The molecule has 0 aliphatic carbocycles. The molecule has 0 aliphatic rings. The molecule has 0 unspecified atom stereocenters. The van der Waals surface area contributed by atoms with Gasteiger partial charge in [-0.05, 0) is 67.6 Å². The van der Waals surface area contributed by atoms with E-state index in [1.54, 1.807) is 48.5 Å². The largest absolute Gasteiger partial charge is 0.494 e. The molecule has 3 aromatic carbocycles. The van der Waals surface area contributed by atoms with E-state index in [0.717, 1.165) is 5.75 Å². The van der Waals surface area contributed by atoms with Crippen LogP contribution in [-0.4, -0.2) is 26.7 Å². The Morgan fingerprint density at radius 3 is 2.23 bits per heavy atom. The fourth-order valence-electron chi connectivity index (χ4n) is 2.64. The van der Waals surface area contributed by atoms with Crippen molar-refractivity contribution < 1.29 is 22.7 Å². The van der Waals surface area contributed by atoms with Crippen LogP contribution < -0.4 is 14.8 Å². The second-order valence-corrected chi connectivity index (χ2v) is 8.69. The fraction of sp³-hybridized carbons (Fsp3) is 0.136. The van der Waals surface area contributed by atoms with Gasteiger partial charge in [0.25, 0.3) is 0 Å². The first-order chi connectivity index (χ1) is 14.4. The molecule has 1 N–H and O–H groups in total. The monoisotopic (exact) mass is 445 g/mol. The Kier molecular flexibility index (Phi) is 6.97. The van der Waals surface area contributed by atoms with E-state index in [-0.39, 0.29) is 4.90 Å². The molecule has 3 aromatic rings. The van der Waals surface area contributed by atoms with Crippen LogP contribution in [0.2, 0.25) is 5.02 Å². The van der Waals surface area contributed by atoms with E-state index in [9.17, 15) is 13.2 Å². The zero-order chi connectivity index (χ0) is 21.6. The lowest BCUT2D eigenvalue weighted by Crippen LogP contribution is -2.23. The summed E-state index contributed by atoms with van der Waals surface area (Å²) in [4.78, 5) is 12.4. The summed E-state index contributed by atoms with van der Waals surface area (Å²) in [5.74, 6) is 0.283. The number of sulfone groups is 1. The SMILES string of the molecule is CCOc1ccc(Oc2ccccc2NC(=O)CS(=O)(=O)c2ccc(Cl)cc2)cc1. The number of carbonyl (C=O) groups is 1. The average Bonchev–Trinajstić information content (AvgIpc) is 2.71. The molecule has 0 saturated heterocycles. The molecule has 6 nitrogen and oxygen atoms in total. The van der Waals surface area contributed by atoms with Crippen LogP contribution in [-0.2, 0) is 14.6 Å². The Morgan fingerprint density at radius 2 is 1.57 bits per heavy atom. The van der Waals surface area contributed by atoms with Gasteiger partial charge in [0.05, 0.1) is 17.2 Å². The average molecular weight is 446 g/mol. The third-order valence-corrected chi connectivity index (χ3v) is 5.90. The fourth-order valence-corrected chi connectivity index (χ4v) is 3.90. The van der Waals surface area contributed by atoms with Crippen molar-refractivity contribution in [1.82, 2.24) is 0 Å². The normalized spacial score (nSPS) is 11.0. The number of rotatable bonds is 8. The smallest absolute Gasteiger partial charge is 0.240 e. The van der Waals surface area contributed by atoms with Crippen LogP contribution in [0.5, 0.6) is 17.2 Å². The summed E-state index contributed by atoms with van der Waals surface area (Å²) in [5.41, 5.74) is 0.364. The van der Waals surface area contributed by atoms with Gasteiger partial charge in [0.1, 0.15) is 17.3 Å². The van der Waals surface area contributed by atoms with Crippen molar-refractivity contribution in [3.8, 4) is 17.2 Å². The quantitative estimate of drug-likeness (QED) is 0.530. The first-order valence-corrected chi connectivity index (χ1v) is 11.2. The number of halogens is 1. The lowest BCUT2D eigenvalue weighted by Gasteiger charge is -2.13. The highest BCUT2D eigenvalue weighted by Crippen LogP contribution is 2.30. The number of hydrogen-bond donors (Lipinski definition) is 1. The Balaban J connectivity index is 1.71. The van der Waals surface area contributed by atoms with Crippen molar-refractivity contribution in [2.45, 2.75) is 11.8 Å². The third kappa shape index (κ3) is 5.75. The van der Waals surface area contributed by atoms with Crippen molar-refractivity contribution >= 4 is 33.0 Å². The van der Waals surface area contributed by atoms with Crippen molar-refractivity contribution in [2.24, 2.45) is 0 Å². The second-order valence-electron chi connectivity index (χ2n) is 6.26. The van der Waals surface area contributed by atoms with Gasteiger partial charge in [-0.3, -0.25) is 4.79 Å². The standard InChI is InChI=1S/C22H20ClNO5S/c1-2-28-17-9-11-18(12-10-17)29-21-6-4-3-5-20(21)24-22(25)15-30(26,27)19-13-7-16(23)8-14-19/h3-14H,2,15H2,1H3,(H,24,25). The highest BCUT2D eigenvalue weighted by atomic mass is 35.5. The van der Waals surface area contributed by atoms with Gasteiger partial charge in [-0.25, -0.2) is 8.42 Å². The number of benzene rings is 3. The molecule has 0 heterocycles. The van der Waals surface area contributed by atoms with Crippen LogP contribution in [0.4, 0.5) is 5.69 Å². The lowest BCUT2D eigenvalue weighted by molar-refractivity contribution is -0.113. The number of para-hydroxylation sites is 2. The molecule has 156 valence electrons. The van der Waals surface area contributed by atoms with E-state index in [1.807, 2.05) is 6.92 Å². The molecule has 0 spiro atoms. The lowest BCUT2D eigenvalue weighted by atomic mass is 10.2. The maximum Gasteiger partial charge on any atom is 0.240 e. The maximum atomic E-state index is 12.5. The van der Waals surface area contributed by atoms with E-state index >= 15 is 0 Å². The minimum atomic E-state index is -3.80. The highest BCUT2D eigenvalue weighted by molar-refractivity contribution is 7.92. The summed E-state index contributed by atoms with van der Waals surface area (Å²) in [6, 6.07) is 19.5. The van der Waals surface area contributed by atoms with Crippen molar-refractivity contribution in [3.63, 3.8) is 0 Å². The molecule has 1 amide bonds. The van der Waals surface area contributed by atoms with Gasteiger partial charge in [-0.2, -0.15) is 0 Å². The van der Waals surface area contributed by atoms with Gasteiger partial charge >= 0.3 is 0 Å². The molecular weight excluding hydrogens is 426 g/mol. The van der Waals surface area contributed by atoms with Crippen molar-refractivity contribution in [3.05, 3.63) is 77.8 Å². The van der Waals surface area contributed by atoms with Gasteiger partial charge in [-0.15, -0.1) is 0 Å². The van der Waals surface area contributed by atoms with Gasteiger partial charge in [-0.1, -0.05) is 23.7 Å². The first kappa shape index (κ1) is 21.7. The summed E-state index contributed by atoms with van der Waals surface area (Å²) < 4.78 is 36.2. The maximum absolute atomic E-state index is 12.5. The predicted molar refractivity (Wildman–Crippen MR) is 116 cm³/mol. The molecule has 0 fully saturated rings. The highest BCUT2D eigenvalue weighted by Gasteiger charge is 2.20. The number of hydrogen-bond acceptors (Lipinski definition) is 5. The molecule has 0 aliphatic heterocycles. The number of amides is 1. The van der Waals surface area contributed by atoms with Crippen LogP contribution in [0.15, 0.2) is 77.7 Å². The zero-order valence-electron chi connectivity index (χ0n) is 16.2. The summed E-state index contributed by atoms with van der Waals surface area (Å²) in [6.45, 7) is 2.46. The van der Waals surface area contributed by atoms with Gasteiger partial charge in [0.2, 0.25) is 5.91 Å².